The van der Waals surface area contributed by atoms with Gasteiger partial charge in [-0.3, -0.25) is 0 Å². The minimum absolute atomic E-state index is 0.345. The van der Waals surface area contributed by atoms with E-state index < -0.39 is 17.6 Å². The van der Waals surface area contributed by atoms with E-state index in [0.717, 1.165) is 12.1 Å². The lowest BCUT2D eigenvalue weighted by Gasteiger charge is -1.93. The van der Waals surface area contributed by atoms with Crippen LogP contribution in [0.15, 0.2) is 27.8 Å². The molecule has 0 bridgehead atoms. The van der Waals surface area contributed by atoms with E-state index >= 15 is 0 Å². The Bertz CT molecular complexity index is 849. The van der Waals surface area contributed by atoms with Crippen molar-refractivity contribution in [2.75, 3.05) is 7.11 Å². The lowest BCUT2D eigenvalue weighted by molar-refractivity contribution is 0.0599. The first-order chi connectivity index (χ1) is 11.0. The molecule has 0 aliphatic rings. The first-order valence-electron chi connectivity index (χ1n) is 6.63. The predicted molar refractivity (Wildman–Crippen MR) is 80.4 cm³/mol. The highest BCUT2D eigenvalue weighted by Gasteiger charge is 2.16. The second-order valence-corrected chi connectivity index (χ2v) is 5.75. The van der Waals surface area contributed by atoms with Crippen molar-refractivity contribution in [1.82, 2.24) is 9.97 Å². The summed E-state index contributed by atoms with van der Waals surface area (Å²) in [5.74, 6) is -0.876. The number of thioether (sulfide) groups is 1. The Morgan fingerprint density at radius 2 is 2.09 bits per heavy atom. The molecule has 0 saturated carbocycles. The van der Waals surface area contributed by atoms with E-state index in [1.54, 1.807) is 13.0 Å². The van der Waals surface area contributed by atoms with Crippen molar-refractivity contribution in [2.45, 2.75) is 17.8 Å². The van der Waals surface area contributed by atoms with Gasteiger partial charge in [0, 0.05) is 12.1 Å². The Balaban J connectivity index is 1.77. The summed E-state index contributed by atoms with van der Waals surface area (Å²) in [4.78, 5) is 18.6. The molecular formula is C15H12F2N2O3S. The highest BCUT2D eigenvalue weighted by atomic mass is 32.2. The molecule has 2 aromatic heterocycles. The molecule has 0 amide bonds. The van der Waals surface area contributed by atoms with Gasteiger partial charge in [-0.2, -0.15) is 0 Å². The Morgan fingerprint density at radius 1 is 1.35 bits per heavy atom. The number of halogens is 2. The monoisotopic (exact) mass is 338 g/mol. The van der Waals surface area contributed by atoms with Crippen molar-refractivity contribution in [3.8, 4) is 0 Å². The smallest absolute Gasteiger partial charge is 0.341 e. The average Bonchev–Trinajstić information content (AvgIpc) is 3.08. The number of imidazole rings is 1. The zero-order chi connectivity index (χ0) is 16.6. The van der Waals surface area contributed by atoms with Gasteiger partial charge in [0.05, 0.1) is 23.9 Å². The minimum atomic E-state index is -0.940. The van der Waals surface area contributed by atoms with Crippen LogP contribution in [0, 0.1) is 18.6 Å². The van der Waals surface area contributed by atoms with Gasteiger partial charge < -0.3 is 14.1 Å². The first-order valence-corrected chi connectivity index (χ1v) is 7.61. The van der Waals surface area contributed by atoms with Crippen LogP contribution in [0.25, 0.3) is 11.0 Å². The van der Waals surface area contributed by atoms with Gasteiger partial charge in [0.2, 0.25) is 0 Å². The number of methoxy groups -OCH3 is 1. The van der Waals surface area contributed by atoms with Crippen LogP contribution in [0.2, 0.25) is 0 Å². The van der Waals surface area contributed by atoms with E-state index in [1.165, 1.54) is 18.9 Å². The van der Waals surface area contributed by atoms with Crippen molar-refractivity contribution in [2.24, 2.45) is 0 Å². The van der Waals surface area contributed by atoms with Crippen LogP contribution in [-0.2, 0) is 10.5 Å². The first kappa shape index (κ1) is 15.5. The summed E-state index contributed by atoms with van der Waals surface area (Å²) < 4.78 is 36.5. The number of nitrogens with one attached hydrogen (secondary N) is 1. The molecule has 0 saturated heterocycles. The second-order valence-electron chi connectivity index (χ2n) is 4.79. The van der Waals surface area contributed by atoms with Crippen molar-refractivity contribution >= 4 is 28.8 Å². The molecule has 3 rings (SSSR count). The number of ether oxygens (including phenoxy) is 1. The average molecular weight is 338 g/mol. The quantitative estimate of drug-likeness (QED) is 0.578. The molecule has 0 atom stereocenters. The van der Waals surface area contributed by atoms with Gasteiger partial charge in [0.15, 0.2) is 16.8 Å². The maximum atomic E-state index is 13.2. The van der Waals surface area contributed by atoms with Gasteiger partial charge in [0.25, 0.3) is 0 Å². The Hall–Kier alpha value is -2.35. The summed E-state index contributed by atoms with van der Waals surface area (Å²) in [6.45, 7) is 1.67. The molecule has 5 nitrogen and oxygen atoms in total. The number of benzene rings is 1. The zero-order valence-corrected chi connectivity index (χ0v) is 13.1. The van der Waals surface area contributed by atoms with E-state index in [1.807, 2.05) is 0 Å². The predicted octanol–water partition coefficient (Wildman–Crippen LogP) is 3.82. The normalized spacial score (nSPS) is 11.1. The molecule has 2 heterocycles. The third-order valence-corrected chi connectivity index (χ3v) is 4.12. The SMILES string of the molecule is COC(=O)c1cc(CSc2nc3cc(F)c(F)cc3[nH]2)oc1C. The molecule has 0 aliphatic heterocycles. The number of nitrogens with zero attached hydrogens (tertiary/aromatic N) is 1. The number of furan rings is 1. The van der Waals surface area contributed by atoms with Crippen LogP contribution in [0.1, 0.15) is 21.9 Å². The highest BCUT2D eigenvalue weighted by molar-refractivity contribution is 7.98. The summed E-state index contributed by atoms with van der Waals surface area (Å²) in [5.41, 5.74) is 1.13. The molecule has 120 valence electrons. The van der Waals surface area contributed by atoms with E-state index in [9.17, 15) is 13.6 Å². The minimum Gasteiger partial charge on any atom is -0.465 e. The molecule has 0 unspecified atom stereocenters. The number of aromatic amines is 1. The van der Waals surface area contributed by atoms with Crippen LogP contribution < -0.4 is 0 Å². The number of hydrogen-bond acceptors (Lipinski definition) is 5. The number of esters is 1. The molecule has 0 aliphatic carbocycles. The fourth-order valence-corrected chi connectivity index (χ4v) is 2.88. The lowest BCUT2D eigenvalue weighted by Crippen LogP contribution is -2.00. The van der Waals surface area contributed by atoms with E-state index in [2.05, 4.69) is 14.7 Å². The second kappa shape index (κ2) is 6.04. The topological polar surface area (TPSA) is 68.1 Å². The number of aromatic nitrogens is 2. The largest absolute Gasteiger partial charge is 0.465 e. The molecule has 8 heteroatoms. The number of hydrogen-bond donors (Lipinski definition) is 1. The highest BCUT2D eigenvalue weighted by Crippen LogP contribution is 2.26. The van der Waals surface area contributed by atoms with E-state index in [4.69, 9.17) is 4.42 Å². The van der Waals surface area contributed by atoms with Crippen molar-refractivity contribution in [3.05, 3.63) is 46.9 Å². The fourth-order valence-electron chi connectivity index (χ4n) is 2.12. The van der Waals surface area contributed by atoms with E-state index in [0.29, 0.717) is 39.0 Å². The molecule has 0 fully saturated rings. The third-order valence-electron chi connectivity index (χ3n) is 3.23. The Labute approximate surface area is 134 Å². The fraction of sp³-hybridized carbons (Fsp3) is 0.200. The van der Waals surface area contributed by atoms with Crippen LogP contribution in [0.4, 0.5) is 8.78 Å². The van der Waals surface area contributed by atoms with Crippen LogP contribution in [-0.4, -0.2) is 23.0 Å². The Kier molecular flexibility index (Phi) is 4.08. The van der Waals surface area contributed by atoms with Crippen molar-refractivity contribution < 1.29 is 22.7 Å². The molecule has 1 N–H and O–H groups in total. The molecule has 23 heavy (non-hydrogen) atoms. The molecule has 3 aromatic rings. The van der Waals surface area contributed by atoms with Gasteiger partial charge in [-0.15, -0.1) is 0 Å². The van der Waals surface area contributed by atoms with Gasteiger partial charge >= 0.3 is 5.97 Å². The molecular weight excluding hydrogens is 326 g/mol. The van der Waals surface area contributed by atoms with Crippen molar-refractivity contribution in [3.63, 3.8) is 0 Å². The summed E-state index contributed by atoms with van der Waals surface area (Å²) in [5, 5.41) is 0.499. The summed E-state index contributed by atoms with van der Waals surface area (Å²) >= 11 is 1.29. The molecule has 0 spiro atoms. The molecule has 1 aromatic carbocycles. The van der Waals surface area contributed by atoms with Gasteiger partial charge in [-0.1, -0.05) is 11.8 Å². The van der Waals surface area contributed by atoms with Gasteiger partial charge in [-0.05, 0) is 13.0 Å². The number of carbonyl (C=O) groups is 1. The number of aryl methyl sites for hydroxylation is 1. The molecule has 0 radical (unpaired) electrons. The summed E-state index contributed by atoms with van der Waals surface area (Å²) in [6.07, 6.45) is 0. The summed E-state index contributed by atoms with van der Waals surface area (Å²) in [6, 6.07) is 3.71. The zero-order valence-electron chi connectivity index (χ0n) is 12.3. The standard InChI is InChI=1S/C15H12F2N2O3S/c1-7-9(14(20)21-2)3-8(22-7)6-23-15-18-12-4-10(16)11(17)5-13(12)19-15/h3-5H,6H2,1-2H3,(H,18,19). The Morgan fingerprint density at radius 3 is 2.83 bits per heavy atom. The third kappa shape index (κ3) is 3.07. The summed E-state index contributed by atoms with van der Waals surface area (Å²) in [7, 11) is 1.30. The van der Waals surface area contributed by atoms with E-state index in [-0.39, 0.29) is 0 Å². The number of rotatable bonds is 4. The number of carbonyl (C=O) groups excluding carboxylic acids is 1. The van der Waals surface area contributed by atoms with Crippen LogP contribution >= 0.6 is 11.8 Å². The van der Waals surface area contributed by atoms with Crippen LogP contribution in [0.5, 0.6) is 0 Å². The maximum absolute atomic E-state index is 13.2. The number of fused-ring (bicyclic) bond motifs is 1. The number of H-pyrrole nitrogens is 1. The van der Waals surface area contributed by atoms with Crippen LogP contribution in [0.3, 0.4) is 0 Å². The van der Waals surface area contributed by atoms with Gasteiger partial charge in [-0.25, -0.2) is 18.6 Å². The maximum Gasteiger partial charge on any atom is 0.341 e. The van der Waals surface area contributed by atoms with Gasteiger partial charge in [0.1, 0.15) is 17.1 Å². The van der Waals surface area contributed by atoms with Crippen molar-refractivity contribution in [1.29, 1.82) is 0 Å². The lowest BCUT2D eigenvalue weighted by atomic mass is 10.2.